The molecule has 156 valence electrons. The first kappa shape index (κ1) is 21.3. The Morgan fingerprint density at radius 3 is 2.62 bits per heavy atom. The van der Waals surface area contributed by atoms with E-state index in [0.29, 0.717) is 5.16 Å². The molecule has 1 saturated carbocycles. The molecule has 1 atom stereocenters. The number of aromatic nitrogens is 4. The predicted octanol–water partition coefficient (Wildman–Crippen LogP) is 3.39. The maximum Gasteiger partial charge on any atom is 0.321 e. The number of rotatable bonds is 7. The van der Waals surface area contributed by atoms with Crippen molar-refractivity contribution in [3.8, 4) is 11.4 Å². The lowest BCUT2D eigenvalue weighted by atomic mass is 9.96. The highest BCUT2D eigenvalue weighted by Crippen LogP contribution is 2.27. The van der Waals surface area contributed by atoms with E-state index in [2.05, 4.69) is 32.7 Å². The summed E-state index contributed by atoms with van der Waals surface area (Å²) in [6.07, 6.45) is 9.76. The third-order valence-corrected chi connectivity index (χ3v) is 6.01. The number of nitrogens with zero attached hydrogens (tertiary/aromatic N) is 4. The van der Waals surface area contributed by atoms with Gasteiger partial charge in [-0.2, -0.15) is 0 Å². The number of hydrogen-bond acceptors (Lipinski definition) is 6. The molecule has 2 aromatic rings. The fourth-order valence-electron chi connectivity index (χ4n) is 3.41. The number of urea groups is 1. The van der Waals surface area contributed by atoms with E-state index in [1.165, 1.54) is 18.2 Å². The first-order valence-corrected chi connectivity index (χ1v) is 11.1. The summed E-state index contributed by atoms with van der Waals surface area (Å²) in [7, 11) is 0. The van der Waals surface area contributed by atoms with E-state index in [-0.39, 0.29) is 11.9 Å². The number of nitrogens with one attached hydrogen (secondary N) is 2. The van der Waals surface area contributed by atoms with Gasteiger partial charge in [-0.05, 0) is 38.3 Å². The van der Waals surface area contributed by atoms with Gasteiger partial charge < -0.3 is 9.88 Å². The SMILES string of the molecule is CCCn1c(S[C@@H](C)C(=O)NC(=O)NC2CCCCC2)nnc1-c1ccncc1. The number of thioether (sulfide) groups is 1. The molecule has 0 aliphatic heterocycles. The maximum absolute atomic E-state index is 12.5. The molecule has 0 saturated heterocycles. The van der Waals surface area contributed by atoms with Gasteiger partial charge in [-0.3, -0.25) is 15.1 Å². The normalized spacial score (nSPS) is 15.7. The lowest BCUT2D eigenvalue weighted by Gasteiger charge is -2.23. The summed E-state index contributed by atoms with van der Waals surface area (Å²) in [5, 5.41) is 14.1. The monoisotopic (exact) mass is 416 g/mol. The topological polar surface area (TPSA) is 102 Å². The largest absolute Gasteiger partial charge is 0.335 e. The van der Waals surface area contributed by atoms with E-state index < -0.39 is 11.3 Å². The number of pyridine rings is 1. The summed E-state index contributed by atoms with van der Waals surface area (Å²) in [5.74, 6) is 0.416. The van der Waals surface area contributed by atoms with Crippen molar-refractivity contribution in [3.05, 3.63) is 24.5 Å². The van der Waals surface area contributed by atoms with Crippen LogP contribution in [0.15, 0.2) is 29.7 Å². The van der Waals surface area contributed by atoms with Gasteiger partial charge in [0, 0.05) is 30.5 Å². The van der Waals surface area contributed by atoms with E-state index in [1.54, 1.807) is 19.3 Å². The van der Waals surface area contributed by atoms with Gasteiger partial charge in [0.05, 0.1) is 5.25 Å². The standard InChI is InChI=1S/C20H28N6O2S/c1-3-13-26-17(15-9-11-21-12-10-15)24-25-20(26)29-14(2)18(27)23-19(28)22-16-7-5-4-6-8-16/h9-12,14,16H,3-8,13H2,1-2H3,(H2,22,23,27,28)/t14-/m0/s1. The summed E-state index contributed by atoms with van der Waals surface area (Å²) in [5.41, 5.74) is 0.928. The van der Waals surface area contributed by atoms with Crippen LogP contribution >= 0.6 is 11.8 Å². The summed E-state index contributed by atoms with van der Waals surface area (Å²) >= 11 is 1.30. The second-order valence-electron chi connectivity index (χ2n) is 7.25. The molecule has 3 rings (SSSR count). The average Bonchev–Trinajstić information content (AvgIpc) is 3.12. The van der Waals surface area contributed by atoms with Crippen molar-refractivity contribution in [1.82, 2.24) is 30.4 Å². The van der Waals surface area contributed by atoms with Crippen LogP contribution in [0.2, 0.25) is 0 Å². The summed E-state index contributed by atoms with van der Waals surface area (Å²) in [6, 6.07) is 3.52. The van der Waals surface area contributed by atoms with Crippen molar-refractivity contribution in [3.63, 3.8) is 0 Å². The molecule has 0 aromatic carbocycles. The van der Waals surface area contributed by atoms with E-state index in [0.717, 1.165) is 50.0 Å². The van der Waals surface area contributed by atoms with E-state index >= 15 is 0 Å². The minimum Gasteiger partial charge on any atom is -0.335 e. The maximum atomic E-state index is 12.5. The molecular weight excluding hydrogens is 388 g/mol. The quantitative estimate of drug-likeness (QED) is 0.671. The Bertz CT molecular complexity index is 820. The molecular formula is C20H28N6O2S. The third-order valence-electron chi connectivity index (χ3n) is 4.93. The minimum absolute atomic E-state index is 0.162. The molecule has 0 spiro atoms. The molecule has 1 aliphatic carbocycles. The molecule has 2 N–H and O–H groups in total. The van der Waals surface area contributed by atoms with Crippen molar-refractivity contribution < 1.29 is 9.59 Å². The third kappa shape index (κ3) is 5.79. The molecule has 9 heteroatoms. The Morgan fingerprint density at radius 1 is 1.21 bits per heavy atom. The van der Waals surface area contributed by atoms with E-state index in [1.807, 2.05) is 16.7 Å². The molecule has 0 bridgehead atoms. The Morgan fingerprint density at radius 2 is 1.93 bits per heavy atom. The number of hydrogen-bond donors (Lipinski definition) is 2. The average molecular weight is 417 g/mol. The first-order chi connectivity index (χ1) is 14.1. The fraction of sp³-hybridized carbons (Fsp3) is 0.550. The van der Waals surface area contributed by atoms with Gasteiger partial charge in [-0.25, -0.2) is 4.79 Å². The Kier molecular flexibility index (Phi) is 7.62. The number of carbonyl (C=O) groups is 2. The van der Waals surface area contributed by atoms with Crippen LogP contribution in [0, 0.1) is 0 Å². The van der Waals surface area contributed by atoms with Crippen molar-refractivity contribution in [2.24, 2.45) is 0 Å². The Hall–Kier alpha value is -2.42. The fourth-order valence-corrected chi connectivity index (χ4v) is 4.28. The molecule has 3 amide bonds. The van der Waals surface area contributed by atoms with Crippen LogP contribution in [0.4, 0.5) is 4.79 Å². The van der Waals surface area contributed by atoms with Gasteiger partial charge in [0.15, 0.2) is 11.0 Å². The first-order valence-electron chi connectivity index (χ1n) is 10.2. The minimum atomic E-state index is -0.475. The Balaban J connectivity index is 1.62. The Labute approximate surface area is 175 Å². The lowest BCUT2D eigenvalue weighted by Crippen LogP contribution is -2.47. The second kappa shape index (κ2) is 10.4. The van der Waals surface area contributed by atoms with Crippen LogP contribution in [-0.4, -0.2) is 43.0 Å². The van der Waals surface area contributed by atoms with Crippen LogP contribution in [0.1, 0.15) is 52.4 Å². The second-order valence-corrected chi connectivity index (χ2v) is 8.56. The summed E-state index contributed by atoms with van der Waals surface area (Å²) in [4.78, 5) is 28.7. The van der Waals surface area contributed by atoms with Gasteiger partial charge >= 0.3 is 6.03 Å². The van der Waals surface area contributed by atoms with Crippen LogP contribution in [0.25, 0.3) is 11.4 Å². The predicted molar refractivity (Wildman–Crippen MR) is 112 cm³/mol. The van der Waals surface area contributed by atoms with Crippen LogP contribution in [0.3, 0.4) is 0 Å². The zero-order valence-electron chi connectivity index (χ0n) is 16.9. The number of imide groups is 1. The van der Waals surface area contributed by atoms with Gasteiger partial charge in [-0.15, -0.1) is 10.2 Å². The van der Waals surface area contributed by atoms with Crippen molar-refractivity contribution in [2.45, 2.75) is 75.4 Å². The van der Waals surface area contributed by atoms with Gasteiger partial charge in [0.2, 0.25) is 5.91 Å². The molecule has 1 aliphatic rings. The summed E-state index contributed by atoms with van der Waals surface area (Å²) in [6.45, 7) is 4.59. The zero-order valence-corrected chi connectivity index (χ0v) is 17.7. The van der Waals surface area contributed by atoms with Crippen LogP contribution in [0.5, 0.6) is 0 Å². The molecule has 8 nitrogen and oxygen atoms in total. The summed E-state index contributed by atoms with van der Waals surface area (Å²) < 4.78 is 2.01. The molecule has 0 radical (unpaired) electrons. The van der Waals surface area contributed by atoms with Crippen LogP contribution < -0.4 is 10.6 Å². The van der Waals surface area contributed by atoms with E-state index in [9.17, 15) is 9.59 Å². The molecule has 1 fully saturated rings. The van der Waals surface area contributed by atoms with Crippen molar-refractivity contribution in [1.29, 1.82) is 0 Å². The number of carbonyl (C=O) groups excluding carboxylic acids is 2. The van der Waals surface area contributed by atoms with Crippen molar-refractivity contribution in [2.75, 3.05) is 0 Å². The molecule has 2 heterocycles. The molecule has 0 unspecified atom stereocenters. The zero-order chi connectivity index (χ0) is 20.6. The highest BCUT2D eigenvalue weighted by atomic mass is 32.2. The van der Waals surface area contributed by atoms with Gasteiger partial charge in [-0.1, -0.05) is 37.9 Å². The van der Waals surface area contributed by atoms with Gasteiger partial charge in [0.1, 0.15) is 0 Å². The number of amides is 3. The molecule has 29 heavy (non-hydrogen) atoms. The van der Waals surface area contributed by atoms with Crippen LogP contribution in [-0.2, 0) is 11.3 Å². The molecule has 2 aromatic heterocycles. The van der Waals surface area contributed by atoms with Gasteiger partial charge in [0.25, 0.3) is 0 Å². The highest BCUT2D eigenvalue weighted by Gasteiger charge is 2.23. The van der Waals surface area contributed by atoms with Crippen molar-refractivity contribution >= 4 is 23.7 Å². The van der Waals surface area contributed by atoms with E-state index in [4.69, 9.17) is 0 Å². The smallest absolute Gasteiger partial charge is 0.321 e. The lowest BCUT2D eigenvalue weighted by molar-refractivity contribution is -0.119. The highest BCUT2D eigenvalue weighted by molar-refractivity contribution is 8.00.